The lowest BCUT2D eigenvalue weighted by atomic mass is 9.70. The number of amides is 2. The van der Waals surface area contributed by atoms with Crippen LogP contribution in [0.5, 0.6) is 0 Å². The predicted octanol–water partition coefficient (Wildman–Crippen LogP) is 3.54. The number of aliphatic carboxylic acids is 1. The van der Waals surface area contributed by atoms with Gasteiger partial charge >= 0.3 is 12.1 Å². The highest BCUT2D eigenvalue weighted by molar-refractivity contribution is 7.92. The molecule has 1 aromatic heterocycles. The van der Waals surface area contributed by atoms with E-state index in [1.807, 2.05) is 0 Å². The van der Waals surface area contributed by atoms with E-state index in [4.69, 9.17) is 17.3 Å². The molecule has 0 spiro atoms. The number of hydrogen-bond acceptors (Lipinski definition) is 7. The van der Waals surface area contributed by atoms with Crippen LogP contribution in [0.4, 0.5) is 22.0 Å². The van der Waals surface area contributed by atoms with Gasteiger partial charge in [-0.25, -0.2) is 22.2 Å². The highest BCUT2D eigenvalue weighted by atomic mass is 35.5. The van der Waals surface area contributed by atoms with Crippen LogP contribution < -0.4 is 5.73 Å². The van der Waals surface area contributed by atoms with E-state index in [1.165, 1.54) is 18.3 Å². The summed E-state index contributed by atoms with van der Waals surface area (Å²) in [4.78, 5) is 41.7. The molecule has 2 aromatic rings. The normalized spacial score (nSPS) is 29.4. The fourth-order valence-electron chi connectivity index (χ4n) is 6.57. The third kappa shape index (κ3) is 4.86. The standard InChI is InChI=1S/C27H22ClF5N4O6S/c28-20-6-14(3-4-36-20)13-1-2-18(16(5-13)27(31,32)33)44(42,43)15-7-17(21(38)37-11-25(29,30)12-37)26(8-15,23(40)41)19-9-24(19,10-34)22(35)39/h1-6,15,17,19H,7-9,11-12H2,(H2,35,39)(H,40,41)/t15-,17+,19?,24?,26+/m1/s1. The Balaban J connectivity index is 1.61. The van der Waals surface area contributed by atoms with Crippen LogP contribution >= 0.6 is 11.6 Å². The van der Waals surface area contributed by atoms with Crippen molar-refractivity contribution in [3.05, 3.63) is 47.2 Å². The van der Waals surface area contributed by atoms with Crippen molar-refractivity contribution in [2.24, 2.45) is 28.4 Å². The zero-order valence-electron chi connectivity index (χ0n) is 22.3. The monoisotopic (exact) mass is 660 g/mol. The Hall–Kier alpha value is -3.84. The van der Waals surface area contributed by atoms with Crippen LogP contribution in [-0.4, -0.2) is 65.5 Å². The molecule has 2 heterocycles. The number of sulfone groups is 1. The summed E-state index contributed by atoms with van der Waals surface area (Å²) >= 11 is 5.84. The number of nitrogens with zero attached hydrogens (tertiary/aromatic N) is 3. The quantitative estimate of drug-likeness (QED) is 0.335. The zero-order chi connectivity index (χ0) is 32.6. The number of rotatable bonds is 7. The summed E-state index contributed by atoms with van der Waals surface area (Å²) in [7, 11) is -5.08. The third-order valence-electron chi connectivity index (χ3n) is 8.85. The first kappa shape index (κ1) is 31.6. The molecule has 0 radical (unpaired) electrons. The maximum Gasteiger partial charge on any atom is 0.417 e. The van der Waals surface area contributed by atoms with Gasteiger partial charge in [-0.2, -0.15) is 18.4 Å². The van der Waals surface area contributed by atoms with Gasteiger partial charge in [0.25, 0.3) is 5.92 Å². The Labute approximate surface area is 251 Å². The van der Waals surface area contributed by atoms with Gasteiger partial charge in [0.05, 0.1) is 46.2 Å². The van der Waals surface area contributed by atoms with E-state index in [0.717, 1.165) is 6.07 Å². The van der Waals surface area contributed by atoms with Crippen molar-refractivity contribution in [2.75, 3.05) is 13.1 Å². The number of pyridine rings is 1. The van der Waals surface area contributed by atoms with Gasteiger partial charge < -0.3 is 15.7 Å². The number of likely N-dealkylation sites (tertiary alicyclic amines) is 1. The third-order valence-corrected chi connectivity index (χ3v) is 11.3. The summed E-state index contributed by atoms with van der Waals surface area (Å²) in [6.45, 7) is -2.17. The van der Waals surface area contributed by atoms with Crippen LogP contribution in [0.2, 0.25) is 5.15 Å². The summed E-state index contributed by atoms with van der Waals surface area (Å²) in [5.41, 5.74) is -0.654. The number of carboxylic acid groups (broad SMARTS) is 1. The maximum absolute atomic E-state index is 14.3. The largest absolute Gasteiger partial charge is 0.481 e. The molecule has 1 saturated heterocycles. The zero-order valence-corrected chi connectivity index (χ0v) is 23.9. The van der Waals surface area contributed by atoms with Gasteiger partial charge in [0, 0.05) is 12.1 Å². The van der Waals surface area contributed by atoms with Crippen LogP contribution in [-0.2, 0) is 30.4 Å². The van der Waals surface area contributed by atoms with Crippen molar-refractivity contribution in [3.63, 3.8) is 0 Å². The van der Waals surface area contributed by atoms with Gasteiger partial charge in [-0.15, -0.1) is 0 Å². The first-order chi connectivity index (χ1) is 20.3. The molecule has 1 aliphatic heterocycles. The molecule has 2 aliphatic carbocycles. The Kier molecular flexibility index (Phi) is 7.25. The number of aromatic nitrogens is 1. The molecule has 0 bridgehead atoms. The molecule has 17 heteroatoms. The molecule has 2 unspecified atom stereocenters. The van der Waals surface area contributed by atoms with Crippen LogP contribution in [0.15, 0.2) is 41.4 Å². The van der Waals surface area contributed by atoms with Gasteiger partial charge in [-0.1, -0.05) is 17.7 Å². The molecule has 5 atom stereocenters. The van der Waals surface area contributed by atoms with Crippen LogP contribution in [0.25, 0.3) is 11.1 Å². The smallest absolute Gasteiger partial charge is 0.417 e. The molecule has 5 rings (SSSR count). The first-order valence-corrected chi connectivity index (χ1v) is 14.9. The van der Waals surface area contributed by atoms with E-state index < -0.39 is 110 Å². The molecule has 3 aliphatic rings. The lowest BCUT2D eigenvalue weighted by Gasteiger charge is -2.42. The van der Waals surface area contributed by atoms with E-state index >= 15 is 0 Å². The van der Waals surface area contributed by atoms with Crippen LogP contribution in [0, 0.1) is 34.0 Å². The molecule has 234 valence electrons. The highest BCUT2D eigenvalue weighted by Crippen LogP contribution is 2.68. The minimum Gasteiger partial charge on any atom is -0.481 e. The van der Waals surface area contributed by atoms with Crippen molar-refractivity contribution < 1.29 is 49.9 Å². The van der Waals surface area contributed by atoms with E-state index in [0.29, 0.717) is 17.0 Å². The predicted molar refractivity (Wildman–Crippen MR) is 140 cm³/mol. The summed E-state index contributed by atoms with van der Waals surface area (Å²) in [5, 5.41) is 18.1. The first-order valence-electron chi connectivity index (χ1n) is 13.0. The van der Waals surface area contributed by atoms with Gasteiger partial charge in [0.1, 0.15) is 10.6 Å². The number of nitrogens with two attached hydrogens (primary N) is 1. The second-order valence-electron chi connectivity index (χ2n) is 11.3. The Morgan fingerprint density at radius 1 is 1.11 bits per heavy atom. The Morgan fingerprint density at radius 2 is 1.75 bits per heavy atom. The number of primary amides is 1. The molecule has 2 amide bonds. The van der Waals surface area contributed by atoms with Crippen molar-refractivity contribution in [3.8, 4) is 17.2 Å². The van der Waals surface area contributed by atoms with E-state index in [-0.39, 0.29) is 16.3 Å². The number of hydrogen-bond donors (Lipinski definition) is 2. The number of nitriles is 1. The molecule has 1 aromatic carbocycles. The van der Waals surface area contributed by atoms with Gasteiger partial charge in [-0.05, 0) is 54.7 Å². The van der Waals surface area contributed by atoms with Gasteiger partial charge in [-0.3, -0.25) is 14.4 Å². The number of benzene rings is 1. The summed E-state index contributed by atoms with van der Waals surface area (Å²) in [5.74, 6) is -10.8. The number of carbonyl (C=O) groups is 3. The van der Waals surface area contributed by atoms with Crippen molar-refractivity contribution in [2.45, 2.75) is 41.5 Å². The summed E-state index contributed by atoms with van der Waals surface area (Å²) < 4.78 is 98.1. The highest BCUT2D eigenvalue weighted by Gasteiger charge is 2.76. The Bertz CT molecular complexity index is 1740. The lowest BCUT2D eigenvalue weighted by molar-refractivity contribution is -0.177. The minimum absolute atomic E-state index is 0.0381. The average Bonchev–Trinajstić information content (AvgIpc) is 3.54. The molecule has 3 fully saturated rings. The number of halogens is 6. The Morgan fingerprint density at radius 3 is 2.25 bits per heavy atom. The maximum atomic E-state index is 14.3. The van der Waals surface area contributed by atoms with Crippen molar-refractivity contribution in [1.29, 1.82) is 5.26 Å². The average molecular weight is 661 g/mol. The van der Waals surface area contributed by atoms with Gasteiger partial charge in [0.15, 0.2) is 9.84 Å². The second-order valence-corrected chi connectivity index (χ2v) is 13.9. The lowest BCUT2D eigenvalue weighted by Crippen LogP contribution is -2.61. The van der Waals surface area contributed by atoms with Crippen LogP contribution in [0.1, 0.15) is 24.8 Å². The molecule has 10 nitrogen and oxygen atoms in total. The van der Waals surface area contributed by atoms with Crippen LogP contribution in [0.3, 0.4) is 0 Å². The van der Waals surface area contributed by atoms with Crippen molar-refractivity contribution in [1.82, 2.24) is 9.88 Å². The summed E-state index contributed by atoms with van der Waals surface area (Å²) in [6, 6.07) is 6.61. The van der Waals surface area contributed by atoms with E-state index in [1.54, 1.807) is 6.07 Å². The number of carbonyl (C=O) groups excluding carboxylic acids is 2. The second kappa shape index (κ2) is 10.1. The molecule has 44 heavy (non-hydrogen) atoms. The number of carboxylic acids is 1. The minimum atomic E-state index is -5.21. The fraction of sp³-hybridized carbons (Fsp3) is 0.444. The summed E-state index contributed by atoms with van der Waals surface area (Å²) in [6.07, 6.45) is -6.27. The van der Waals surface area contributed by atoms with Crippen molar-refractivity contribution >= 4 is 39.2 Å². The number of alkyl halides is 5. The van der Waals surface area contributed by atoms with E-state index in [2.05, 4.69) is 4.98 Å². The van der Waals surface area contributed by atoms with E-state index in [9.17, 15) is 55.1 Å². The molecule has 2 saturated carbocycles. The SMILES string of the molecule is N#CC1(C(N)=O)CC1[C@]1(C(=O)O)C[C@H](S(=O)(=O)c2ccc(-c3ccnc(Cl)c3)cc2C(F)(F)F)C[C@H]1C(=O)N1CC(F)(F)C1. The fourth-order valence-corrected chi connectivity index (χ4v) is 8.78. The molecular weight excluding hydrogens is 639 g/mol. The van der Waals surface area contributed by atoms with Gasteiger partial charge in [0.2, 0.25) is 11.8 Å². The topological polar surface area (TPSA) is 172 Å². The molecule has 3 N–H and O–H groups in total. The molecular formula is C27H22ClF5N4O6S.